The number of hydrogen-bond acceptors (Lipinski definition) is 2. The molecule has 0 radical (unpaired) electrons. The number of imidazole rings is 1. The van der Waals surface area contributed by atoms with Gasteiger partial charge in [0.2, 0.25) is 0 Å². The first-order valence-electron chi connectivity index (χ1n) is 16.4. The van der Waals surface area contributed by atoms with E-state index >= 15 is 0 Å². The Morgan fingerprint density at radius 3 is 2.00 bits per heavy atom. The fraction of sp³-hybridized carbons (Fsp3) is 0.163. The minimum absolute atomic E-state index is 0. The van der Waals surface area contributed by atoms with E-state index in [0.717, 1.165) is 50.4 Å². The number of aromatic nitrogens is 5. The summed E-state index contributed by atoms with van der Waals surface area (Å²) in [6.07, 6.45) is 5.82. The van der Waals surface area contributed by atoms with Crippen molar-refractivity contribution < 1.29 is 21.1 Å². The summed E-state index contributed by atoms with van der Waals surface area (Å²) in [6.45, 7) is 13.2. The van der Waals surface area contributed by atoms with Crippen LogP contribution in [0.25, 0.3) is 67.0 Å². The summed E-state index contributed by atoms with van der Waals surface area (Å²) in [5.74, 6) is 0.876. The summed E-state index contributed by atoms with van der Waals surface area (Å²) in [7, 11) is 2.01. The van der Waals surface area contributed by atoms with Gasteiger partial charge in [-0.3, -0.25) is 9.67 Å². The van der Waals surface area contributed by atoms with Crippen LogP contribution in [-0.2, 0) is 28.1 Å². The van der Waals surface area contributed by atoms with Crippen molar-refractivity contribution in [1.82, 2.24) is 23.9 Å². The van der Waals surface area contributed by atoms with Gasteiger partial charge in [0.1, 0.15) is 0 Å². The number of rotatable bonds is 5. The Morgan fingerprint density at radius 2 is 1.33 bits per heavy atom. The van der Waals surface area contributed by atoms with Crippen molar-refractivity contribution in [3.63, 3.8) is 0 Å². The molecule has 244 valence electrons. The molecule has 8 rings (SSSR count). The molecule has 0 aliphatic heterocycles. The van der Waals surface area contributed by atoms with Crippen LogP contribution in [0.1, 0.15) is 33.4 Å². The van der Waals surface area contributed by atoms with E-state index < -0.39 is 0 Å². The Labute approximate surface area is 302 Å². The third-order valence-electron chi connectivity index (χ3n) is 9.51. The largest absolute Gasteiger partial charge is 2.00 e. The second-order valence-corrected chi connectivity index (χ2v) is 13.1. The van der Waals surface area contributed by atoms with E-state index in [2.05, 4.69) is 147 Å². The second-order valence-electron chi connectivity index (χ2n) is 13.1. The van der Waals surface area contributed by atoms with Crippen molar-refractivity contribution in [2.45, 2.75) is 41.5 Å². The Morgan fingerprint density at radius 1 is 0.653 bits per heavy atom. The first-order chi connectivity index (χ1) is 23.2. The van der Waals surface area contributed by atoms with Crippen molar-refractivity contribution in [3.8, 4) is 45.1 Å². The van der Waals surface area contributed by atoms with Crippen molar-refractivity contribution in [1.29, 1.82) is 0 Å². The number of benzene rings is 5. The van der Waals surface area contributed by atoms with E-state index in [1.165, 1.54) is 49.9 Å². The zero-order valence-electron chi connectivity index (χ0n) is 28.8. The maximum Gasteiger partial charge on any atom is 2.00 e. The van der Waals surface area contributed by atoms with Crippen molar-refractivity contribution in [3.05, 3.63) is 143 Å². The molecule has 0 saturated carbocycles. The van der Waals surface area contributed by atoms with Crippen molar-refractivity contribution >= 4 is 21.8 Å². The molecule has 0 saturated heterocycles. The molecule has 8 aromatic rings. The molecule has 3 aromatic heterocycles. The summed E-state index contributed by atoms with van der Waals surface area (Å²) < 4.78 is 6.38. The first kappa shape index (κ1) is 32.6. The molecule has 0 aliphatic carbocycles. The van der Waals surface area contributed by atoms with Gasteiger partial charge >= 0.3 is 21.1 Å². The van der Waals surface area contributed by atoms with Crippen LogP contribution < -0.4 is 0 Å². The molecule has 0 unspecified atom stereocenters. The number of hydrogen-bond donors (Lipinski definition) is 0. The van der Waals surface area contributed by atoms with Gasteiger partial charge in [0, 0.05) is 36.1 Å². The van der Waals surface area contributed by atoms with Crippen LogP contribution in [0, 0.1) is 53.7 Å². The molecular formula is C43H37N5Pt. The van der Waals surface area contributed by atoms with Crippen LogP contribution >= 0.6 is 0 Å². The molecule has 5 aromatic carbocycles. The van der Waals surface area contributed by atoms with E-state index in [4.69, 9.17) is 5.10 Å². The molecule has 0 N–H and O–H groups in total. The van der Waals surface area contributed by atoms with Gasteiger partial charge in [-0.25, -0.2) is 0 Å². The molecule has 0 atom stereocenters. The van der Waals surface area contributed by atoms with Gasteiger partial charge < -0.3 is 9.13 Å². The van der Waals surface area contributed by atoms with Gasteiger partial charge in [0.25, 0.3) is 0 Å². The van der Waals surface area contributed by atoms with Gasteiger partial charge in [-0.1, -0.05) is 59.1 Å². The van der Waals surface area contributed by atoms with Crippen LogP contribution in [-0.4, -0.2) is 23.9 Å². The minimum Gasteiger partial charge on any atom is -0.373 e. The van der Waals surface area contributed by atoms with Crippen LogP contribution in [0.4, 0.5) is 0 Å². The van der Waals surface area contributed by atoms with E-state index in [1.54, 1.807) is 0 Å². The Kier molecular flexibility index (Phi) is 8.29. The average Bonchev–Trinajstić information content (AvgIpc) is 3.76. The summed E-state index contributed by atoms with van der Waals surface area (Å²) in [5.41, 5.74) is 17.0. The van der Waals surface area contributed by atoms with Crippen molar-refractivity contribution in [2.24, 2.45) is 7.05 Å². The molecule has 0 bridgehead atoms. The molecule has 5 nitrogen and oxygen atoms in total. The number of nitrogens with zero attached hydrogens (tertiary/aromatic N) is 5. The maximum atomic E-state index is 5.13. The summed E-state index contributed by atoms with van der Waals surface area (Å²) >= 11 is 0. The van der Waals surface area contributed by atoms with Crippen LogP contribution in [0.2, 0.25) is 0 Å². The van der Waals surface area contributed by atoms with Crippen LogP contribution in [0.3, 0.4) is 0 Å². The Balaban J connectivity index is 0.00000378. The van der Waals surface area contributed by atoms with E-state index in [-0.39, 0.29) is 21.1 Å². The van der Waals surface area contributed by atoms with E-state index in [9.17, 15) is 0 Å². The third kappa shape index (κ3) is 5.37. The fourth-order valence-corrected chi connectivity index (χ4v) is 7.71. The monoisotopic (exact) mass is 818 g/mol. The zero-order chi connectivity index (χ0) is 33.3. The number of aryl methyl sites for hydroxylation is 7. The Bertz CT molecular complexity index is 2500. The van der Waals surface area contributed by atoms with Gasteiger partial charge in [-0.15, -0.1) is 47.3 Å². The van der Waals surface area contributed by atoms with Crippen LogP contribution in [0.5, 0.6) is 0 Å². The smallest absolute Gasteiger partial charge is 0.373 e. The van der Waals surface area contributed by atoms with Crippen molar-refractivity contribution in [2.75, 3.05) is 0 Å². The topological polar surface area (TPSA) is 40.6 Å². The first-order valence-corrected chi connectivity index (χ1v) is 16.4. The van der Waals surface area contributed by atoms with E-state index in [1.807, 2.05) is 30.2 Å². The van der Waals surface area contributed by atoms with Gasteiger partial charge in [-0.2, -0.15) is 11.2 Å². The number of para-hydroxylation sites is 1. The predicted molar refractivity (Wildman–Crippen MR) is 197 cm³/mol. The molecule has 6 heteroatoms. The molecule has 0 spiro atoms. The average molecular weight is 819 g/mol. The SMILES string of the molecule is Cc1cc(C)c(-c2cnn(-c3[c-]c4c(cc3)c3ccccc3n4-c3[c-]c(-c4nccn4C)ccc3)c2-c2c(C)cc(C)cc2C)c(C)c1.[Pt+2]. The van der Waals surface area contributed by atoms with E-state index in [0.29, 0.717) is 0 Å². The maximum absolute atomic E-state index is 5.13. The predicted octanol–water partition coefficient (Wildman–Crippen LogP) is 10.2. The quantitative estimate of drug-likeness (QED) is 0.162. The molecule has 0 fully saturated rings. The third-order valence-corrected chi connectivity index (χ3v) is 9.51. The molecular weight excluding hydrogens is 782 g/mol. The minimum atomic E-state index is 0. The number of fused-ring (bicyclic) bond motifs is 3. The van der Waals surface area contributed by atoms with Gasteiger partial charge in [-0.05, 0) is 92.2 Å². The second kappa shape index (κ2) is 12.5. The summed E-state index contributed by atoms with van der Waals surface area (Å²) in [6, 6.07) is 35.8. The molecule has 49 heavy (non-hydrogen) atoms. The van der Waals surface area contributed by atoms with Crippen LogP contribution in [0.15, 0.2) is 97.5 Å². The summed E-state index contributed by atoms with van der Waals surface area (Å²) in [4.78, 5) is 4.59. The Hall–Kier alpha value is -4.99. The standard InChI is InChI=1S/C43H37N5.Pt/c1-26-19-28(3)40(29(4)20-26)37-25-45-48(42(37)41-30(5)21-27(2)22-31(41)6)34-15-16-36-35-13-8-9-14-38(35)47(39(36)24-34)33-12-10-11-32(23-33)43-44-17-18-46(43)7;/h8-22,25H,1-7H3;/q-2;+2. The zero-order valence-corrected chi connectivity index (χ0v) is 31.1. The molecule has 0 amide bonds. The van der Waals surface area contributed by atoms with Gasteiger partial charge in [0.15, 0.2) is 0 Å². The molecule has 3 heterocycles. The fourth-order valence-electron chi connectivity index (χ4n) is 7.71. The molecule has 0 aliphatic rings. The summed E-state index contributed by atoms with van der Waals surface area (Å²) in [5, 5.41) is 7.43. The normalized spacial score (nSPS) is 11.4. The van der Waals surface area contributed by atoms with Gasteiger partial charge in [0.05, 0.1) is 17.7 Å².